The highest BCUT2D eigenvalue weighted by molar-refractivity contribution is 6.32. The number of carboxylic acids is 1. The number of rotatable bonds is 8. The van der Waals surface area contributed by atoms with Crippen molar-refractivity contribution in [1.82, 2.24) is 10.3 Å². The molecule has 3 N–H and O–H groups in total. The molecule has 6 nitrogen and oxygen atoms in total. The molecule has 10 heteroatoms. The summed E-state index contributed by atoms with van der Waals surface area (Å²) in [4.78, 5) is 26.6. The van der Waals surface area contributed by atoms with Gasteiger partial charge in [-0.05, 0) is 18.9 Å². The van der Waals surface area contributed by atoms with Crippen molar-refractivity contribution in [3.63, 3.8) is 0 Å². The maximum absolute atomic E-state index is 12.6. The zero-order valence-corrected chi connectivity index (χ0v) is 15.3. The maximum atomic E-state index is 12.6. The molecule has 26 heavy (non-hydrogen) atoms. The molecule has 0 aromatic carbocycles. The summed E-state index contributed by atoms with van der Waals surface area (Å²) in [6.07, 6.45) is -4.14. The number of nitrogens with one attached hydrogen (secondary N) is 2. The Bertz CT molecular complexity index is 668. The van der Waals surface area contributed by atoms with Crippen molar-refractivity contribution in [3.05, 3.63) is 22.8 Å². The van der Waals surface area contributed by atoms with Crippen LogP contribution in [0.4, 0.5) is 19.0 Å². The Hall–Kier alpha value is -2.03. The molecule has 1 aromatic heterocycles. The summed E-state index contributed by atoms with van der Waals surface area (Å²) in [5.74, 6) is -1.50. The largest absolute Gasteiger partial charge is 0.481 e. The fraction of sp³-hybridized carbons (Fsp3) is 0.562. The zero-order chi connectivity index (χ0) is 20.1. The van der Waals surface area contributed by atoms with E-state index >= 15 is 0 Å². The van der Waals surface area contributed by atoms with Gasteiger partial charge in [0.05, 0.1) is 17.0 Å². The van der Waals surface area contributed by atoms with Gasteiger partial charge in [-0.25, -0.2) is 4.98 Å². The minimum absolute atomic E-state index is 0.0268. The quantitative estimate of drug-likeness (QED) is 0.626. The molecule has 0 saturated heterocycles. The van der Waals surface area contributed by atoms with Gasteiger partial charge in [0.1, 0.15) is 5.82 Å². The summed E-state index contributed by atoms with van der Waals surface area (Å²) in [6.45, 7) is 5.32. The molecule has 0 bridgehead atoms. The lowest BCUT2D eigenvalue weighted by atomic mass is 9.85. The summed E-state index contributed by atoms with van der Waals surface area (Å²) in [5, 5.41) is 14.2. The van der Waals surface area contributed by atoms with Gasteiger partial charge in [-0.3, -0.25) is 9.59 Å². The molecule has 1 atom stereocenters. The average Bonchev–Trinajstić information content (AvgIpc) is 2.46. The fourth-order valence-electron chi connectivity index (χ4n) is 2.11. The molecule has 0 aliphatic carbocycles. The number of nitrogens with zero attached hydrogens (tertiary/aromatic N) is 1. The van der Waals surface area contributed by atoms with Gasteiger partial charge in [-0.2, -0.15) is 13.2 Å². The van der Waals surface area contributed by atoms with Crippen molar-refractivity contribution in [2.75, 3.05) is 11.9 Å². The van der Waals surface area contributed by atoms with Crippen LogP contribution in [0, 0.1) is 5.92 Å². The van der Waals surface area contributed by atoms with Crippen LogP contribution < -0.4 is 10.6 Å². The molecule has 1 aromatic rings. The number of halogens is 4. The van der Waals surface area contributed by atoms with Crippen LogP contribution in [0.15, 0.2) is 12.3 Å². The van der Waals surface area contributed by atoms with E-state index in [0.29, 0.717) is 6.20 Å². The maximum Gasteiger partial charge on any atom is 0.417 e. The highest BCUT2D eigenvalue weighted by Crippen LogP contribution is 2.32. The van der Waals surface area contributed by atoms with E-state index in [2.05, 4.69) is 15.6 Å². The number of carbonyl (C=O) groups excluding carboxylic acids is 1. The third kappa shape index (κ3) is 6.36. The Balaban J connectivity index is 2.62. The third-order valence-electron chi connectivity index (χ3n) is 4.03. The summed E-state index contributed by atoms with van der Waals surface area (Å²) >= 11 is 5.77. The van der Waals surface area contributed by atoms with E-state index < -0.39 is 29.2 Å². The SMILES string of the molecule is CC(C)C(C)(CC(=O)O)NC(=O)CCNc1ncc(C(F)(F)F)cc1Cl. The van der Waals surface area contributed by atoms with Crippen molar-refractivity contribution < 1.29 is 27.9 Å². The van der Waals surface area contributed by atoms with Crippen LogP contribution in [0.3, 0.4) is 0 Å². The predicted octanol–water partition coefficient (Wildman–Crippen LogP) is 3.56. The molecule has 0 radical (unpaired) electrons. The van der Waals surface area contributed by atoms with Crippen molar-refractivity contribution in [2.24, 2.45) is 5.92 Å². The van der Waals surface area contributed by atoms with E-state index in [1.165, 1.54) is 0 Å². The molecule has 1 rings (SSSR count). The fourth-order valence-corrected chi connectivity index (χ4v) is 2.34. The van der Waals surface area contributed by atoms with Crippen LogP contribution in [0.5, 0.6) is 0 Å². The van der Waals surface area contributed by atoms with Crippen molar-refractivity contribution in [1.29, 1.82) is 0 Å². The van der Waals surface area contributed by atoms with Gasteiger partial charge in [0, 0.05) is 24.7 Å². The van der Waals surface area contributed by atoms with Crippen LogP contribution in [0.25, 0.3) is 0 Å². The van der Waals surface area contributed by atoms with Gasteiger partial charge < -0.3 is 15.7 Å². The number of alkyl halides is 3. The van der Waals surface area contributed by atoms with E-state index in [4.69, 9.17) is 16.7 Å². The summed E-state index contributed by atoms with van der Waals surface area (Å²) < 4.78 is 37.7. The van der Waals surface area contributed by atoms with E-state index in [-0.39, 0.29) is 36.1 Å². The number of hydrogen-bond acceptors (Lipinski definition) is 4. The van der Waals surface area contributed by atoms with Crippen LogP contribution in [-0.2, 0) is 15.8 Å². The minimum atomic E-state index is -4.54. The van der Waals surface area contributed by atoms with Gasteiger partial charge in [-0.15, -0.1) is 0 Å². The zero-order valence-electron chi connectivity index (χ0n) is 14.6. The lowest BCUT2D eigenvalue weighted by Crippen LogP contribution is -2.51. The topological polar surface area (TPSA) is 91.3 Å². The second-order valence-electron chi connectivity index (χ2n) is 6.42. The van der Waals surface area contributed by atoms with Gasteiger partial charge >= 0.3 is 12.1 Å². The number of carbonyl (C=O) groups is 2. The number of anilines is 1. The Morgan fingerprint density at radius 1 is 1.35 bits per heavy atom. The first kappa shape index (κ1) is 22.0. The summed E-state index contributed by atoms with van der Waals surface area (Å²) in [5.41, 5.74) is -1.88. The average molecular weight is 396 g/mol. The number of amides is 1. The molecule has 0 aliphatic rings. The van der Waals surface area contributed by atoms with E-state index in [1.54, 1.807) is 20.8 Å². The molecule has 1 amide bonds. The van der Waals surface area contributed by atoms with Gasteiger partial charge in [-0.1, -0.05) is 25.4 Å². The Morgan fingerprint density at radius 3 is 2.42 bits per heavy atom. The first-order chi connectivity index (χ1) is 11.8. The van der Waals surface area contributed by atoms with E-state index in [0.717, 1.165) is 6.07 Å². The number of aliphatic carboxylic acids is 1. The number of hydrogen-bond donors (Lipinski definition) is 3. The van der Waals surface area contributed by atoms with Crippen LogP contribution in [0.1, 0.15) is 39.2 Å². The molecule has 0 saturated carbocycles. The van der Waals surface area contributed by atoms with Gasteiger partial charge in [0.15, 0.2) is 0 Å². The number of aromatic nitrogens is 1. The normalized spacial score (nSPS) is 14.0. The molecule has 146 valence electrons. The Kier molecular flexibility index (Phi) is 7.25. The highest BCUT2D eigenvalue weighted by Gasteiger charge is 2.33. The summed E-state index contributed by atoms with van der Waals surface area (Å²) in [7, 11) is 0. The van der Waals surface area contributed by atoms with E-state index in [9.17, 15) is 22.8 Å². The van der Waals surface area contributed by atoms with Crippen LogP contribution in [-0.4, -0.2) is 34.1 Å². The predicted molar refractivity (Wildman–Crippen MR) is 91.0 cm³/mol. The van der Waals surface area contributed by atoms with Crippen molar-refractivity contribution in [3.8, 4) is 0 Å². The molecular weight excluding hydrogens is 375 g/mol. The first-order valence-corrected chi connectivity index (χ1v) is 8.22. The molecule has 0 spiro atoms. The first-order valence-electron chi connectivity index (χ1n) is 7.84. The highest BCUT2D eigenvalue weighted by atomic mass is 35.5. The lowest BCUT2D eigenvalue weighted by Gasteiger charge is -2.33. The van der Waals surface area contributed by atoms with Crippen LogP contribution >= 0.6 is 11.6 Å². The molecule has 0 fully saturated rings. The van der Waals surface area contributed by atoms with Crippen LogP contribution in [0.2, 0.25) is 5.02 Å². The van der Waals surface area contributed by atoms with Gasteiger partial charge in [0.25, 0.3) is 0 Å². The minimum Gasteiger partial charge on any atom is -0.481 e. The smallest absolute Gasteiger partial charge is 0.417 e. The second-order valence-corrected chi connectivity index (χ2v) is 6.83. The number of pyridine rings is 1. The monoisotopic (exact) mass is 395 g/mol. The molecule has 0 aliphatic heterocycles. The van der Waals surface area contributed by atoms with Crippen molar-refractivity contribution >= 4 is 29.3 Å². The lowest BCUT2D eigenvalue weighted by molar-refractivity contribution is -0.140. The van der Waals surface area contributed by atoms with Gasteiger partial charge in [0.2, 0.25) is 5.91 Å². The molecular formula is C16H21ClF3N3O3. The van der Waals surface area contributed by atoms with Crippen molar-refractivity contribution in [2.45, 2.75) is 45.3 Å². The Morgan fingerprint density at radius 2 is 1.96 bits per heavy atom. The van der Waals surface area contributed by atoms with E-state index in [1.807, 2.05) is 0 Å². The third-order valence-corrected chi connectivity index (χ3v) is 4.32. The second kappa shape index (κ2) is 8.57. The molecule has 1 unspecified atom stereocenters. The number of carboxylic acid groups (broad SMARTS) is 1. The molecule has 1 heterocycles. The Labute approximate surface area is 154 Å². The summed E-state index contributed by atoms with van der Waals surface area (Å²) in [6, 6.07) is 0.750. The standard InChI is InChI=1S/C16H21ClF3N3O3/c1-9(2)15(3,7-13(25)26)23-12(24)4-5-21-14-11(17)6-10(8-22-14)16(18,19)20/h6,8-9H,4-5,7H2,1-3H3,(H,21,22)(H,23,24)(H,25,26).